The number of ether oxygens (including phenoxy) is 1. The summed E-state index contributed by atoms with van der Waals surface area (Å²) in [4.78, 5) is 23.8. The van der Waals surface area contributed by atoms with Crippen LogP contribution in [0.4, 0.5) is 4.39 Å². The largest absolute Gasteiger partial charge is 0.484 e. The van der Waals surface area contributed by atoms with Gasteiger partial charge in [0, 0.05) is 19.2 Å². The van der Waals surface area contributed by atoms with E-state index < -0.39 is 17.3 Å². The average molecular weight is 269 g/mol. The van der Waals surface area contributed by atoms with Gasteiger partial charge in [-0.25, -0.2) is 9.18 Å². The van der Waals surface area contributed by atoms with Crippen LogP contribution in [-0.4, -0.2) is 41.6 Å². The molecule has 0 aliphatic rings. The lowest BCUT2D eigenvalue weighted by Gasteiger charge is -2.21. The van der Waals surface area contributed by atoms with Gasteiger partial charge in [0.25, 0.3) is 5.91 Å². The molecule has 0 spiro atoms. The van der Waals surface area contributed by atoms with Gasteiger partial charge in [-0.1, -0.05) is 0 Å². The summed E-state index contributed by atoms with van der Waals surface area (Å²) in [6.07, 6.45) is 0. The lowest BCUT2D eigenvalue weighted by atomic mass is 10.2. The topological polar surface area (TPSA) is 66.8 Å². The first kappa shape index (κ1) is 14.9. The van der Waals surface area contributed by atoms with Crippen molar-refractivity contribution in [1.82, 2.24) is 4.90 Å². The third-order valence-electron chi connectivity index (χ3n) is 2.70. The highest BCUT2D eigenvalue weighted by Crippen LogP contribution is 2.16. The predicted molar refractivity (Wildman–Crippen MR) is 66.8 cm³/mol. The van der Waals surface area contributed by atoms with Crippen molar-refractivity contribution in [2.45, 2.75) is 19.9 Å². The molecule has 0 bridgehead atoms. The molecule has 0 aromatic heterocycles. The second kappa shape index (κ2) is 6.17. The fourth-order valence-corrected chi connectivity index (χ4v) is 1.29. The monoisotopic (exact) mass is 269 g/mol. The molecule has 1 N–H and O–H groups in total. The van der Waals surface area contributed by atoms with Crippen molar-refractivity contribution in [3.05, 3.63) is 29.6 Å². The molecular weight excluding hydrogens is 253 g/mol. The van der Waals surface area contributed by atoms with Crippen molar-refractivity contribution >= 4 is 11.9 Å². The standard InChI is InChI=1S/C13H16FNO4/c1-8(2)15(3)12(16)7-19-9-4-5-10(13(17)18)11(14)6-9/h4-6,8H,7H2,1-3H3,(H,17,18). The number of hydrogen-bond donors (Lipinski definition) is 1. The zero-order chi connectivity index (χ0) is 14.6. The normalized spacial score (nSPS) is 10.4. The number of halogens is 1. The Morgan fingerprint density at radius 2 is 2.05 bits per heavy atom. The minimum atomic E-state index is -1.35. The van der Waals surface area contributed by atoms with Crippen LogP contribution in [0.15, 0.2) is 18.2 Å². The number of carbonyl (C=O) groups is 2. The Balaban J connectivity index is 2.67. The Bertz CT molecular complexity index is 488. The number of carboxylic acid groups (broad SMARTS) is 1. The van der Waals surface area contributed by atoms with Crippen molar-refractivity contribution in [2.75, 3.05) is 13.7 Å². The first-order valence-electron chi connectivity index (χ1n) is 5.74. The van der Waals surface area contributed by atoms with Crippen LogP contribution in [0.25, 0.3) is 0 Å². The Labute approximate surface area is 110 Å². The summed E-state index contributed by atoms with van der Waals surface area (Å²) in [6, 6.07) is 3.41. The summed E-state index contributed by atoms with van der Waals surface area (Å²) in [5, 5.41) is 8.67. The molecule has 5 nitrogen and oxygen atoms in total. The van der Waals surface area contributed by atoms with Crippen LogP contribution in [0.1, 0.15) is 24.2 Å². The van der Waals surface area contributed by atoms with Crippen LogP contribution < -0.4 is 4.74 Å². The summed E-state index contributed by atoms with van der Waals surface area (Å²) in [7, 11) is 1.64. The Morgan fingerprint density at radius 1 is 1.42 bits per heavy atom. The van der Waals surface area contributed by atoms with Crippen molar-refractivity contribution in [2.24, 2.45) is 0 Å². The van der Waals surface area contributed by atoms with E-state index in [1.165, 1.54) is 11.0 Å². The SMILES string of the molecule is CC(C)N(C)C(=O)COc1ccc(C(=O)O)c(F)c1. The molecule has 6 heteroatoms. The van der Waals surface area contributed by atoms with Crippen LogP contribution in [0.3, 0.4) is 0 Å². The second-order valence-electron chi connectivity index (χ2n) is 4.33. The lowest BCUT2D eigenvalue weighted by Crippen LogP contribution is -2.36. The first-order valence-corrected chi connectivity index (χ1v) is 5.74. The minimum Gasteiger partial charge on any atom is -0.484 e. The van der Waals surface area contributed by atoms with Crippen molar-refractivity contribution in [3.63, 3.8) is 0 Å². The zero-order valence-corrected chi connectivity index (χ0v) is 11.0. The third kappa shape index (κ3) is 3.94. The molecule has 0 fully saturated rings. The lowest BCUT2D eigenvalue weighted by molar-refractivity contribution is -0.133. The van der Waals surface area contributed by atoms with Crippen LogP contribution in [0.5, 0.6) is 5.75 Å². The number of nitrogens with zero attached hydrogens (tertiary/aromatic N) is 1. The molecule has 0 radical (unpaired) electrons. The number of rotatable bonds is 5. The van der Waals surface area contributed by atoms with Gasteiger partial charge >= 0.3 is 5.97 Å². The summed E-state index contributed by atoms with van der Waals surface area (Å²) < 4.78 is 18.5. The molecule has 19 heavy (non-hydrogen) atoms. The molecule has 1 aromatic rings. The zero-order valence-electron chi connectivity index (χ0n) is 11.0. The number of carboxylic acids is 1. The smallest absolute Gasteiger partial charge is 0.338 e. The van der Waals surface area contributed by atoms with Gasteiger partial charge in [-0.05, 0) is 26.0 Å². The van der Waals surface area contributed by atoms with E-state index in [0.29, 0.717) is 0 Å². The van der Waals surface area contributed by atoms with Crippen LogP contribution in [0, 0.1) is 5.82 Å². The van der Waals surface area contributed by atoms with Gasteiger partial charge in [0.15, 0.2) is 6.61 Å². The fourth-order valence-electron chi connectivity index (χ4n) is 1.29. The Morgan fingerprint density at radius 3 is 2.53 bits per heavy atom. The predicted octanol–water partition coefficient (Wildman–Crippen LogP) is 1.77. The number of likely N-dealkylation sites (N-methyl/N-ethyl adjacent to an activating group) is 1. The maximum Gasteiger partial charge on any atom is 0.338 e. The van der Waals surface area contributed by atoms with E-state index in [4.69, 9.17) is 9.84 Å². The van der Waals surface area contributed by atoms with Crippen molar-refractivity contribution in [3.8, 4) is 5.75 Å². The van der Waals surface area contributed by atoms with E-state index >= 15 is 0 Å². The first-order chi connectivity index (χ1) is 8.82. The molecular formula is C13H16FNO4. The molecule has 104 valence electrons. The molecule has 0 aliphatic carbocycles. The number of carbonyl (C=O) groups excluding carboxylic acids is 1. The molecule has 0 unspecified atom stereocenters. The molecule has 0 saturated carbocycles. The van der Waals surface area contributed by atoms with E-state index in [0.717, 1.165) is 12.1 Å². The van der Waals surface area contributed by atoms with Gasteiger partial charge in [-0.2, -0.15) is 0 Å². The molecule has 1 aromatic carbocycles. The third-order valence-corrected chi connectivity index (χ3v) is 2.70. The number of amides is 1. The summed E-state index contributed by atoms with van der Waals surface area (Å²) >= 11 is 0. The molecule has 0 heterocycles. The highest BCUT2D eigenvalue weighted by molar-refractivity contribution is 5.88. The van der Waals surface area contributed by atoms with E-state index in [2.05, 4.69) is 0 Å². The minimum absolute atomic E-state index is 0.0437. The van der Waals surface area contributed by atoms with Crippen LogP contribution >= 0.6 is 0 Å². The number of hydrogen-bond acceptors (Lipinski definition) is 3. The van der Waals surface area contributed by atoms with Crippen LogP contribution in [0.2, 0.25) is 0 Å². The summed E-state index contributed by atoms with van der Waals surface area (Å²) in [5.41, 5.74) is -0.432. The Kier molecular flexibility index (Phi) is 4.86. The van der Waals surface area contributed by atoms with Gasteiger partial charge in [0.05, 0.1) is 5.56 Å². The molecule has 1 rings (SSSR count). The quantitative estimate of drug-likeness (QED) is 0.884. The fraction of sp³-hybridized carbons (Fsp3) is 0.385. The average Bonchev–Trinajstić information content (AvgIpc) is 2.34. The van der Waals surface area contributed by atoms with Gasteiger partial charge in [-0.3, -0.25) is 4.79 Å². The van der Waals surface area contributed by atoms with Gasteiger partial charge in [-0.15, -0.1) is 0 Å². The molecule has 0 saturated heterocycles. The second-order valence-corrected chi connectivity index (χ2v) is 4.33. The van der Waals surface area contributed by atoms with E-state index in [-0.39, 0.29) is 24.3 Å². The van der Waals surface area contributed by atoms with Gasteiger partial charge < -0.3 is 14.7 Å². The highest BCUT2D eigenvalue weighted by Gasteiger charge is 2.14. The number of aromatic carboxylic acids is 1. The maximum atomic E-state index is 13.4. The summed E-state index contributed by atoms with van der Waals surface area (Å²) in [5.74, 6) is -2.36. The Hall–Kier alpha value is -2.11. The van der Waals surface area contributed by atoms with Gasteiger partial charge in [0.1, 0.15) is 11.6 Å². The highest BCUT2D eigenvalue weighted by atomic mass is 19.1. The molecule has 0 aliphatic heterocycles. The van der Waals surface area contributed by atoms with Gasteiger partial charge in [0.2, 0.25) is 0 Å². The van der Waals surface area contributed by atoms with E-state index in [1.54, 1.807) is 7.05 Å². The molecule has 1 amide bonds. The van der Waals surface area contributed by atoms with Crippen LogP contribution in [-0.2, 0) is 4.79 Å². The van der Waals surface area contributed by atoms with E-state index in [9.17, 15) is 14.0 Å². The maximum absolute atomic E-state index is 13.4. The van der Waals surface area contributed by atoms with E-state index in [1.807, 2.05) is 13.8 Å². The summed E-state index contributed by atoms with van der Waals surface area (Å²) in [6.45, 7) is 3.50. The number of benzene rings is 1. The molecule has 0 atom stereocenters. The van der Waals surface area contributed by atoms with Crippen molar-refractivity contribution < 1.29 is 23.8 Å². The van der Waals surface area contributed by atoms with Crippen molar-refractivity contribution in [1.29, 1.82) is 0 Å².